The topological polar surface area (TPSA) is 201 Å². The maximum Gasteiger partial charge on any atom is 0.303 e. The van der Waals surface area contributed by atoms with Crippen LogP contribution >= 0.6 is 23.5 Å². The van der Waals surface area contributed by atoms with E-state index in [1.807, 2.05) is 6.92 Å². The van der Waals surface area contributed by atoms with Gasteiger partial charge in [-0.1, -0.05) is 25.1 Å². The molecular weight excluding hydrogens is 588 g/mol. The smallest absolute Gasteiger partial charge is 0.303 e. The van der Waals surface area contributed by atoms with Crippen LogP contribution in [0.5, 0.6) is 0 Å². The van der Waals surface area contributed by atoms with Crippen LogP contribution in [0.25, 0.3) is 0 Å². The molecule has 1 heterocycles. The number of thioether (sulfide) groups is 2. The van der Waals surface area contributed by atoms with Crippen molar-refractivity contribution in [2.24, 2.45) is 0 Å². The van der Waals surface area contributed by atoms with Gasteiger partial charge in [0.2, 0.25) is 0 Å². The Morgan fingerprint density at radius 3 is 1.88 bits per heavy atom. The molecule has 226 valence electrons. The Hall–Kier alpha value is -3.44. The number of carbonyl (C=O) groups is 4. The van der Waals surface area contributed by atoms with Crippen LogP contribution in [0.3, 0.4) is 0 Å². The van der Waals surface area contributed by atoms with Crippen LogP contribution in [-0.4, -0.2) is 75.9 Å². The van der Waals surface area contributed by atoms with Gasteiger partial charge in [0.25, 0.3) is 11.4 Å². The Labute approximate surface area is 243 Å². The second-order valence-electron chi connectivity index (χ2n) is 8.69. The van der Waals surface area contributed by atoms with Gasteiger partial charge in [-0.05, 0) is 18.2 Å². The highest BCUT2D eigenvalue weighted by molar-refractivity contribution is 8.00. The molecule has 1 aliphatic heterocycles. The molecule has 0 saturated carbocycles. The molecule has 0 aromatic heterocycles. The Balaban J connectivity index is 2.66. The standard InChI is InChI=1S/C24H30N2O13S2/c1-6-7-8-40-19-10-20(17(26(33)34)9-16(19)25(31)32)41-24-23(38-15(5)30)22(37-14(4)29)21(36-13(3)28)18(39-24)11-35-12(2)27/h9-10,18,21-24H,6-8,11H2,1-5H3/t18-,21+,22+,23-,24+/m1/s1. The first-order valence-electron chi connectivity index (χ1n) is 12.3. The summed E-state index contributed by atoms with van der Waals surface area (Å²) in [6.45, 7) is 5.79. The summed E-state index contributed by atoms with van der Waals surface area (Å²) in [5.74, 6) is -2.67. The first-order chi connectivity index (χ1) is 19.2. The van der Waals surface area contributed by atoms with E-state index >= 15 is 0 Å². The summed E-state index contributed by atoms with van der Waals surface area (Å²) >= 11 is 1.83. The molecule has 1 aliphatic rings. The molecule has 1 saturated heterocycles. The van der Waals surface area contributed by atoms with E-state index in [0.717, 1.165) is 58.4 Å². The van der Waals surface area contributed by atoms with Crippen LogP contribution in [0, 0.1) is 20.2 Å². The highest BCUT2D eigenvalue weighted by atomic mass is 32.2. The molecule has 41 heavy (non-hydrogen) atoms. The fraction of sp³-hybridized carbons (Fsp3) is 0.583. The Morgan fingerprint density at radius 1 is 0.829 bits per heavy atom. The predicted octanol–water partition coefficient (Wildman–Crippen LogP) is 3.57. The van der Waals surface area contributed by atoms with Crippen molar-refractivity contribution < 1.29 is 52.7 Å². The Morgan fingerprint density at radius 2 is 1.37 bits per heavy atom. The average Bonchev–Trinajstić information content (AvgIpc) is 2.85. The highest BCUT2D eigenvalue weighted by Crippen LogP contribution is 2.44. The van der Waals surface area contributed by atoms with E-state index in [2.05, 4.69) is 0 Å². The number of nitro groups is 2. The van der Waals surface area contributed by atoms with Gasteiger partial charge < -0.3 is 23.7 Å². The number of nitro benzene ring substituents is 2. The number of unbranched alkanes of at least 4 members (excludes halogenated alkanes) is 1. The van der Waals surface area contributed by atoms with Crippen LogP contribution in [0.1, 0.15) is 47.5 Å². The molecule has 0 bridgehead atoms. The fourth-order valence-corrected chi connectivity index (χ4v) is 6.21. The molecule has 0 N–H and O–H groups in total. The van der Waals surface area contributed by atoms with Crippen LogP contribution < -0.4 is 0 Å². The molecule has 2 rings (SSSR count). The monoisotopic (exact) mass is 618 g/mol. The maximum absolute atomic E-state index is 12.1. The van der Waals surface area contributed by atoms with Gasteiger partial charge >= 0.3 is 23.9 Å². The minimum atomic E-state index is -1.47. The normalized spacial score (nSPS) is 21.8. The Kier molecular flexibility index (Phi) is 12.8. The van der Waals surface area contributed by atoms with Crippen LogP contribution in [0.2, 0.25) is 0 Å². The molecule has 0 amide bonds. The van der Waals surface area contributed by atoms with E-state index in [-0.39, 0.29) is 9.79 Å². The SMILES string of the molecule is CCCCSc1cc(S[C@@H]2O[C@H](COC(C)=O)[C@H](OC(C)=O)[C@H](OC(C)=O)[C@H]2OC(C)=O)c([N+](=O)[O-])cc1[N+](=O)[O-]. The quantitative estimate of drug-likeness (QED) is 0.0775. The number of carbonyl (C=O) groups excluding carboxylic acids is 4. The van der Waals surface area contributed by atoms with Gasteiger partial charge in [-0.25, -0.2) is 0 Å². The summed E-state index contributed by atoms with van der Waals surface area (Å²) < 4.78 is 27.2. The number of ether oxygens (including phenoxy) is 5. The van der Waals surface area contributed by atoms with Crippen molar-refractivity contribution in [1.82, 2.24) is 0 Å². The molecular formula is C24H30N2O13S2. The summed E-state index contributed by atoms with van der Waals surface area (Å²) in [6, 6.07) is 2.11. The lowest BCUT2D eigenvalue weighted by molar-refractivity contribution is -0.397. The third kappa shape index (κ3) is 9.86. The molecule has 5 atom stereocenters. The van der Waals surface area contributed by atoms with Crippen molar-refractivity contribution in [3.63, 3.8) is 0 Å². The first-order valence-corrected chi connectivity index (χ1v) is 14.2. The zero-order chi connectivity index (χ0) is 30.9. The molecule has 17 heteroatoms. The average molecular weight is 619 g/mol. The summed E-state index contributed by atoms with van der Waals surface area (Å²) in [7, 11) is 0. The van der Waals surface area contributed by atoms with E-state index in [1.165, 1.54) is 6.07 Å². The van der Waals surface area contributed by atoms with E-state index in [1.54, 1.807) is 0 Å². The van der Waals surface area contributed by atoms with Gasteiger partial charge in [0.1, 0.15) is 18.1 Å². The minimum Gasteiger partial charge on any atom is -0.463 e. The molecule has 0 aliphatic carbocycles. The number of benzene rings is 1. The number of rotatable bonds is 13. The highest BCUT2D eigenvalue weighted by Gasteiger charge is 2.53. The summed E-state index contributed by atoms with van der Waals surface area (Å²) in [6.07, 6.45) is -4.04. The number of esters is 4. The van der Waals surface area contributed by atoms with Gasteiger partial charge in [0, 0.05) is 27.7 Å². The minimum absolute atomic E-state index is 0.0690. The van der Waals surface area contributed by atoms with Crippen molar-refractivity contribution in [3.8, 4) is 0 Å². The molecule has 1 aromatic carbocycles. The van der Waals surface area contributed by atoms with E-state index in [9.17, 15) is 39.4 Å². The summed E-state index contributed by atoms with van der Waals surface area (Å²) in [4.78, 5) is 69.8. The molecule has 0 radical (unpaired) electrons. The van der Waals surface area contributed by atoms with Crippen molar-refractivity contribution in [3.05, 3.63) is 32.4 Å². The summed E-state index contributed by atoms with van der Waals surface area (Å²) in [5.41, 5.74) is -2.41. The zero-order valence-corrected chi connectivity index (χ0v) is 24.5. The van der Waals surface area contributed by atoms with Gasteiger partial charge in [0.05, 0.1) is 25.7 Å². The molecule has 0 spiro atoms. The van der Waals surface area contributed by atoms with E-state index in [4.69, 9.17) is 23.7 Å². The van der Waals surface area contributed by atoms with Crippen molar-refractivity contribution >= 4 is 58.8 Å². The Bertz CT molecular complexity index is 1180. The predicted molar refractivity (Wildman–Crippen MR) is 143 cm³/mol. The second kappa shape index (κ2) is 15.5. The number of hydrogen-bond acceptors (Lipinski definition) is 15. The lowest BCUT2D eigenvalue weighted by Crippen LogP contribution is -2.61. The zero-order valence-electron chi connectivity index (χ0n) is 22.9. The molecule has 1 fully saturated rings. The van der Waals surface area contributed by atoms with Crippen LogP contribution in [0.4, 0.5) is 11.4 Å². The third-order valence-corrected chi connectivity index (χ3v) is 7.70. The van der Waals surface area contributed by atoms with E-state index < -0.39 is 81.6 Å². The third-order valence-electron chi connectivity index (χ3n) is 5.38. The van der Waals surface area contributed by atoms with Crippen molar-refractivity contribution in [2.45, 2.75) is 87.1 Å². The van der Waals surface area contributed by atoms with Gasteiger partial charge in [-0.2, -0.15) is 0 Å². The van der Waals surface area contributed by atoms with E-state index in [0.29, 0.717) is 17.5 Å². The maximum atomic E-state index is 12.1. The van der Waals surface area contributed by atoms with Crippen molar-refractivity contribution in [2.75, 3.05) is 12.4 Å². The first kappa shape index (κ1) is 33.8. The van der Waals surface area contributed by atoms with Gasteiger partial charge in [-0.3, -0.25) is 39.4 Å². The van der Waals surface area contributed by atoms with Crippen molar-refractivity contribution in [1.29, 1.82) is 0 Å². The lowest BCUT2D eigenvalue weighted by Gasteiger charge is -2.44. The molecule has 15 nitrogen and oxygen atoms in total. The summed E-state index contributed by atoms with van der Waals surface area (Å²) in [5, 5.41) is 23.6. The molecule has 0 unspecified atom stereocenters. The van der Waals surface area contributed by atoms with Crippen LogP contribution in [0.15, 0.2) is 21.9 Å². The number of hydrogen-bond donors (Lipinski definition) is 0. The van der Waals surface area contributed by atoms with Crippen LogP contribution in [-0.2, 0) is 42.9 Å². The molecule has 1 aromatic rings. The second-order valence-corrected chi connectivity index (χ2v) is 11.0. The largest absolute Gasteiger partial charge is 0.463 e. The van der Waals surface area contributed by atoms with Gasteiger partial charge in [0.15, 0.2) is 18.3 Å². The van der Waals surface area contributed by atoms with Gasteiger partial charge in [-0.15, -0.1) is 11.8 Å². The fourth-order valence-electron chi connectivity index (χ4n) is 3.77. The number of nitrogens with zero attached hydrogens (tertiary/aromatic N) is 2. The lowest BCUT2D eigenvalue weighted by atomic mass is 9.99.